The maximum absolute atomic E-state index is 13.3. The lowest BCUT2D eigenvalue weighted by molar-refractivity contribution is -0.133. The number of rotatable bonds is 10. The zero-order chi connectivity index (χ0) is 33.1. The van der Waals surface area contributed by atoms with Crippen molar-refractivity contribution in [3.8, 4) is 11.5 Å². The minimum atomic E-state index is -0.125. The third-order valence-corrected chi connectivity index (χ3v) is 9.60. The fourth-order valence-electron chi connectivity index (χ4n) is 6.02. The molecule has 244 valence electrons. The Balaban J connectivity index is 1.07. The molecule has 3 aromatic carbocycles. The summed E-state index contributed by atoms with van der Waals surface area (Å²) in [7, 11) is 3.11. The van der Waals surface area contributed by atoms with Crippen LogP contribution < -0.4 is 9.47 Å². The summed E-state index contributed by atoms with van der Waals surface area (Å²) in [4.78, 5) is 35.0. The lowest BCUT2D eigenvalue weighted by Crippen LogP contribution is -2.55. The molecular formula is C35H37ClN6O4S. The molecule has 6 rings (SSSR count). The van der Waals surface area contributed by atoms with E-state index in [2.05, 4.69) is 46.0 Å². The standard InChI is InChI=1S/C35H37ClN6O4S/c1-22-10-11-30-29(15-22)32-33(42(30)21-24-7-5-8-26(36)16-24)37-35(39-38-32)47-14-6-9-31(43)40-12-13-41(23(2)20-40)34(44)25-17-27(45-3)19-28(18-25)46-4/h5,7-8,10-11,15-19,23H,6,9,12-14,20-21H2,1-4H3. The van der Waals surface area contributed by atoms with Gasteiger partial charge in [-0.3, -0.25) is 9.59 Å². The third-order valence-electron chi connectivity index (χ3n) is 8.44. The number of ether oxygens (including phenoxy) is 2. The molecule has 2 amide bonds. The van der Waals surface area contributed by atoms with E-state index in [9.17, 15) is 9.59 Å². The van der Waals surface area contributed by atoms with Crippen LogP contribution in [0.1, 0.15) is 41.3 Å². The summed E-state index contributed by atoms with van der Waals surface area (Å²) in [5, 5.41) is 11.3. The second-order valence-electron chi connectivity index (χ2n) is 11.7. The predicted octanol–water partition coefficient (Wildman–Crippen LogP) is 6.25. The number of aryl methyl sites for hydroxylation is 1. The van der Waals surface area contributed by atoms with Crippen molar-refractivity contribution in [2.45, 2.75) is 44.4 Å². The Morgan fingerprint density at radius 3 is 2.51 bits per heavy atom. The first-order valence-electron chi connectivity index (χ1n) is 15.6. The van der Waals surface area contributed by atoms with Crippen LogP contribution in [-0.4, -0.2) is 87.0 Å². The molecular weight excluding hydrogens is 636 g/mol. The van der Waals surface area contributed by atoms with Crippen molar-refractivity contribution >= 4 is 57.2 Å². The summed E-state index contributed by atoms with van der Waals surface area (Å²) in [6.07, 6.45) is 1.08. The van der Waals surface area contributed by atoms with Crippen molar-refractivity contribution in [3.05, 3.63) is 82.4 Å². The van der Waals surface area contributed by atoms with Crippen molar-refractivity contribution < 1.29 is 19.1 Å². The highest BCUT2D eigenvalue weighted by molar-refractivity contribution is 7.99. The molecule has 3 heterocycles. The van der Waals surface area contributed by atoms with Crippen LogP contribution in [0.3, 0.4) is 0 Å². The summed E-state index contributed by atoms with van der Waals surface area (Å²) in [6.45, 7) is 6.07. The van der Waals surface area contributed by atoms with Gasteiger partial charge in [-0.25, -0.2) is 4.98 Å². The van der Waals surface area contributed by atoms with Gasteiger partial charge >= 0.3 is 0 Å². The van der Waals surface area contributed by atoms with Crippen LogP contribution in [0.4, 0.5) is 0 Å². The number of halogens is 1. The second-order valence-corrected chi connectivity index (χ2v) is 13.2. The van der Waals surface area contributed by atoms with Crippen molar-refractivity contribution in [1.82, 2.24) is 29.5 Å². The molecule has 0 spiro atoms. The molecule has 0 saturated carbocycles. The van der Waals surface area contributed by atoms with Gasteiger partial charge in [-0.05, 0) is 62.2 Å². The first-order valence-corrected chi connectivity index (χ1v) is 16.9. The Labute approximate surface area is 283 Å². The van der Waals surface area contributed by atoms with E-state index in [4.69, 9.17) is 26.1 Å². The quantitative estimate of drug-likeness (QED) is 0.127. The average Bonchev–Trinajstić information content (AvgIpc) is 3.37. The van der Waals surface area contributed by atoms with Gasteiger partial charge in [0.05, 0.1) is 19.7 Å². The molecule has 1 aliphatic heterocycles. The van der Waals surface area contributed by atoms with Gasteiger partial charge in [-0.15, -0.1) is 10.2 Å². The molecule has 12 heteroatoms. The van der Waals surface area contributed by atoms with Gasteiger partial charge in [0.1, 0.15) is 17.0 Å². The molecule has 5 aromatic rings. The molecule has 0 N–H and O–H groups in total. The van der Waals surface area contributed by atoms with Crippen LogP contribution >= 0.6 is 23.4 Å². The summed E-state index contributed by atoms with van der Waals surface area (Å²) in [5.74, 6) is 1.77. The monoisotopic (exact) mass is 672 g/mol. The average molecular weight is 673 g/mol. The molecule has 0 bridgehead atoms. The molecule has 1 aliphatic rings. The van der Waals surface area contributed by atoms with Gasteiger partial charge in [0, 0.05) is 66.4 Å². The van der Waals surface area contributed by atoms with Gasteiger partial charge in [0.15, 0.2) is 5.65 Å². The minimum absolute atomic E-state index is 0.0825. The largest absolute Gasteiger partial charge is 0.497 e. The number of aromatic nitrogens is 4. The zero-order valence-corrected chi connectivity index (χ0v) is 28.5. The zero-order valence-electron chi connectivity index (χ0n) is 26.9. The Kier molecular flexibility index (Phi) is 9.84. The van der Waals surface area contributed by atoms with Gasteiger partial charge < -0.3 is 23.8 Å². The van der Waals surface area contributed by atoms with Crippen LogP contribution in [0.2, 0.25) is 5.02 Å². The van der Waals surface area contributed by atoms with Crippen LogP contribution in [0.25, 0.3) is 22.1 Å². The third kappa shape index (κ3) is 7.16. The van der Waals surface area contributed by atoms with E-state index in [0.29, 0.717) is 72.0 Å². The van der Waals surface area contributed by atoms with E-state index in [0.717, 1.165) is 33.2 Å². The highest BCUT2D eigenvalue weighted by atomic mass is 35.5. The summed E-state index contributed by atoms with van der Waals surface area (Å²) in [5.41, 5.74) is 5.29. The maximum atomic E-state index is 13.3. The molecule has 47 heavy (non-hydrogen) atoms. The molecule has 10 nitrogen and oxygen atoms in total. The van der Waals surface area contributed by atoms with E-state index in [1.54, 1.807) is 37.3 Å². The van der Waals surface area contributed by atoms with Gasteiger partial charge in [-0.1, -0.05) is 47.1 Å². The fraction of sp³-hybridized carbons (Fsp3) is 0.343. The maximum Gasteiger partial charge on any atom is 0.254 e. The van der Waals surface area contributed by atoms with Gasteiger partial charge in [0.2, 0.25) is 11.1 Å². The fourth-order valence-corrected chi connectivity index (χ4v) is 6.96. The number of hydrogen-bond donors (Lipinski definition) is 0. The molecule has 0 radical (unpaired) electrons. The molecule has 1 fully saturated rings. The first-order chi connectivity index (χ1) is 22.7. The topological polar surface area (TPSA) is 103 Å². The molecule has 2 aromatic heterocycles. The SMILES string of the molecule is COc1cc(OC)cc(C(=O)N2CCN(C(=O)CCCSc3nnc4c5cc(C)ccc5n(Cc5cccc(Cl)c5)c4n3)CC2C)c1. The van der Waals surface area contributed by atoms with Crippen LogP contribution in [0.5, 0.6) is 11.5 Å². The lowest BCUT2D eigenvalue weighted by atomic mass is 10.1. The lowest BCUT2D eigenvalue weighted by Gasteiger charge is -2.40. The van der Waals surface area contributed by atoms with E-state index in [1.165, 1.54) is 11.8 Å². The number of thioether (sulfide) groups is 1. The summed E-state index contributed by atoms with van der Waals surface area (Å²) >= 11 is 7.78. The highest BCUT2D eigenvalue weighted by Gasteiger charge is 2.30. The van der Waals surface area contributed by atoms with Gasteiger partial charge in [0.25, 0.3) is 5.91 Å². The Hall–Kier alpha value is -4.35. The second kappa shape index (κ2) is 14.2. The van der Waals surface area contributed by atoms with Crippen molar-refractivity contribution in [3.63, 3.8) is 0 Å². The van der Waals surface area contributed by atoms with Crippen molar-refractivity contribution in [2.75, 3.05) is 39.6 Å². The molecule has 1 saturated heterocycles. The minimum Gasteiger partial charge on any atom is -0.497 e. The predicted molar refractivity (Wildman–Crippen MR) is 185 cm³/mol. The number of methoxy groups -OCH3 is 2. The van der Waals surface area contributed by atoms with E-state index < -0.39 is 0 Å². The van der Waals surface area contributed by atoms with Crippen LogP contribution in [0, 0.1) is 6.92 Å². The number of benzene rings is 3. The van der Waals surface area contributed by atoms with Crippen LogP contribution in [-0.2, 0) is 11.3 Å². The Morgan fingerprint density at radius 2 is 1.79 bits per heavy atom. The number of piperazine rings is 1. The normalized spacial score (nSPS) is 15.0. The molecule has 1 atom stereocenters. The smallest absolute Gasteiger partial charge is 0.254 e. The summed E-state index contributed by atoms with van der Waals surface area (Å²) < 4.78 is 12.8. The molecule has 1 unspecified atom stereocenters. The first kappa shape index (κ1) is 32.6. The van der Waals surface area contributed by atoms with Crippen molar-refractivity contribution in [2.24, 2.45) is 0 Å². The van der Waals surface area contributed by atoms with Crippen LogP contribution in [0.15, 0.2) is 65.8 Å². The Bertz CT molecular complexity index is 1930. The molecule has 0 aliphatic carbocycles. The number of nitrogens with zero attached hydrogens (tertiary/aromatic N) is 6. The number of carbonyl (C=O) groups is 2. The Morgan fingerprint density at radius 1 is 1.00 bits per heavy atom. The summed E-state index contributed by atoms with van der Waals surface area (Å²) in [6, 6.07) is 19.2. The number of amides is 2. The van der Waals surface area contributed by atoms with E-state index in [1.807, 2.05) is 30.0 Å². The van der Waals surface area contributed by atoms with Gasteiger partial charge in [-0.2, -0.15) is 0 Å². The number of hydrogen-bond acceptors (Lipinski definition) is 8. The van der Waals surface area contributed by atoms with E-state index in [-0.39, 0.29) is 17.9 Å². The highest BCUT2D eigenvalue weighted by Crippen LogP contribution is 2.30. The number of fused-ring (bicyclic) bond motifs is 3. The van der Waals surface area contributed by atoms with Crippen molar-refractivity contribution in [1.29, 1.82) is 0 Å². The van der Waals surface area contributed by atoms with E-state index >= 15 is 0 Å². The number of carbonyl (C=O) groups excluding carboxylic acids is 2.